The molecule has 0 saturated carbocycles. The third kappa shape index (κ3) is 4.76. The summed E-state index contributed by atoms with van der Waals surface area (Å²) in [5, 5.41) is 17.8. The minimum atomic E-state index is -2.48. The average Bonchev–Trinajstić information content (AvgIpc) is 2.00. The molecule has 5 heteroatoms. The molecular formula is C10H18BO3P. The van der Waals surface area contributed by atoms with Crippen LogP contribution in [0.4, 0.5) is 0 Å². The van der Waals surface area contributed by atoms with Crippen LogP contribution in [0.15, 0.2) is 30.3 Å². The van der Waals surface area contributed by atoms with E-state index in [4.69, 9.17) is 14.5 Å². The van der Waals surface area contributed by atoms with E-state index in [-0.39, 0.29) is 0 Å². The molecule has 84 valence electrons. The molecule has 0 aliphatic rings. The zero-order valence-electron chi connectivity index (χ0n) is 9.42. The van der Waals surface area contributed by atoms with Crippen LogP contribution in [0.5, 0.6) is 0 Å². The van der Waals surface area contributed by atoms with Gasteiger partial charge in [-0.1, -0.05) is 0 Å². The molecule has 1 rings (SSSR count). The van der Waals surface area contributed by atoms with Gasteiger partial charge in [0.25, 0.3) is 0 Å². The van der Waals surface area contributed by atoms with Crippen LogP contribution in [0.2, 0.25) is 0 Å². The predicted molar refractivity (Wildman–Crippen MR) is 66.1 cm³/mol. The van der Waals surface area contributed by atoms with Crippen molar-refractivity contribution in [2.24, 2.45) is 0 Å². The Balaban J connectivity index is 2.79. The van der Waals surface area contributed by atoms with E-state index in [1.54, 1.807) is 0 Å². The van der Waals surface area contributed by atoms with E-state index in [0.717, 1.165) is 11.7 Å². The molecule has 0 heterocycles. The Morgan fingerprint density at radius 1 is 1.13 bits per heavy atom. The molecular weight excluding hydrogens is 210 g/mol. The molecule has 0 aliphatic heterocycles. The van der Waals surface area contributed by atoms with Gasteiger partial charge in [-0.2, -0.15) is 0 Å². The molecule has 15 heavy (non-hydrogen) atoms. The Morgan fingerprint density at radius 3 is 2.13 bits per heavy atom. The Bertz CT molecular complexity index is 318. The number of rotatable bonds is 4. The van der Waals surface area contributed by atoms with E-state index in [1.165, 1.54) is 0 Å². The van der Waals surface area contributed by atoms with Crippen LogP contribution in [0.1, 0.15) is 5.56 Å². The van der Waals surface area contributed by atoms with Crippen LogP contribution < -0.4 is 0 Å². The van der Waals surface area contributed by atoms with E-state index in [0.29, 0.717) is 0 Å². The van der Waals surface area contributed by atoms with E-state index in [1.807, 2.05) is 50.3 Å². The van der Waals surface area contributed by atoms with Crippen molar-refractivity contribution < 1.29 is 14.5 Å². The molecule has 2 N–H and O–H groups in total. The molecule has 0 spiro atoms. The molecule has 0 fully saturated rings. The van der Waals surface area contributed by atoms with Gasteiger partial charge < -0.3 is 0 Å². The SMILES string of the molecule is CP(C)(C)(Cc1ccccc1)OB(O)O. The van der Waals surface area contributed by atoms with Gasteiger partial charge >= 0.3 is 90.7 Å². The fourth-order valence-electron chi connectivity index (χ4n) is 1.59. The molecule has 0 atom stereocenters. The molecule has 1 aromatic carbocycles. The molecule has 0 aliphatic carbocycles. The van der Waals surface area contributed by atoms with Crippen LogP contribution in [-0.2, 0) is 10.6 Å². The van der Waals surface area contributed by atoms with Crippen molar-refractivity contribution in [3.05, 3.63) is 35.9 Å². The van der Waals surface area contributed by atoms with Gasteiger partial charge in [0.05, 0.1) is 0 Å². The van der Waals surface area contributed by atoms with Gasteiger partial charge in [0.2, 0.25) is 0 Å². The number of hydrogen-bond donors (Lipinski definition) is 2. The molecule has 0 unspecified atom stereocenters. The van der Waals surface area contributed by atoms with Crippen molar-refractivity contribution >= 4 is 14.2 Å². The minimum absolute atomic E-state index is 0.740. The van der Waals surface area contributed by atoms with Gasteiger partial charge in [-0.15, -0.1) is 0 Å². The van der Waals surface area contributed by atoms with Gasteiger partial charge in [-0.25, -0.2) is 0 Å². The summed E-state index contributed by atoms with van der Waals surface area (Å²) in [4.78, 5) is 0. The summed E-state index contributed by atoms with van der Waals surface area (Å²) >= 11 is 0. The van der Waals surface area contributed by atoms with Crippen molar-refractivity contribution in [2.75, 3.05) is 20.0 Å². The van der Waals surface area contributed by atoms with Crippen LogP contribution in [0.3, 0.4) is 0 Å². The standard InChI is InChI=1S/C10H18BO3P/c1-15(2,3,14-11(12)13)9-10-7-5-4-6-8-10/h4-8,12-13H,9H2,1-3H3. The Hall–Kier alpha value is -0.405. The van der Waals surface area contributed by atoms with Crippen molar-refractivity contribution in [3.8, 4) is 0 Å². The first kappa shape index (κ1) is 12.7. The van der Waals surface area contributed by atoms with E-state index >= 15 is 0 Å². The average molecular weight is 228 g/mol. The van der Waals surface area contributed by atoms with Crippen molar-refractivity contribution in [2.45, 2.75) is 6.16 Å². The van der Waals surface area contributed by atoms with Gasteiger partial charge in [0, 0.05) is 0 Å². The summed E-state index contributed by atoms with van der Waals surface area (Å²) in [6.07, 6.45) is 0.740. The monoisotopic (exact) mass is 228 g/mol. The first-order valence-corrected chi connectivity index (χ1v) is 8.54. The van der Waals surface area contributed by atoms with Gasteiger partial charge in [0.15, 0.2) is 0 Å². The second kappa shape index (κ2) is 4.22. The Morgan fingerprint density at radius 2 is 1.67 bits per heavy atom. The van der Waals surface area contributed by atoms with Crippen LogP contribution in [-0.4, -0.2) is 37.4 Å². The van der Waals surface area contributed by atoms with Crippen molar-refractivity contribution in [3.63, 3.8) is 0 Å². The maximum absolute atomic E-state index is 8.90. The summed E-state index contributed by atoms with van der Waals surface area (Å²) in [7, 11) is -1.69. The normalized spacial score (nSPS) is 14.3. The molecule has 0 bridgehead atoms. The summed E-state index contributed by atoms with van der Waals surface area (Å²) < 4.78 is 5.27. The van der Waals surface area contributed by atoms with Gasteiger partial charge in [-0.05, 0) is 0 Å². The molecule has 0 radical (unpaired) electrons. The topological polar surface area (TPSA) is 49.7 Å². The third-order valence-electron chi connectivity index (χ3n) is 2.05. The zero-order valence-corrected chi connectivity index (χ0v) is 10.3. The number of hydrogen-bond acceptors (Lipinski definition) is 3. The van der Waals surface area contributed by atoms with E-state index < -0.39 is 14.2 Å². The van der Waals surface area contributed by atoms with Crippen LogP contribution in [0.25, 0.3) is 0 Å². The van der Waals surface area contributed by atoms with E-state index in [9.17, 15) is 0 Å². The second-order valence-corrected chi connectivity index (χ2v) is 11.5. The summed E-state index contributed by atoms with van der Waals surface area (Å²) in [5.74, 6) is 0. The van der Waals surface area contributed by atoms with Crippen LogP contribution in [0, 0.1) is 0 Å². The van der Waals surface area contributed by atoms with Gasteiger partial charge in [0.1, 0.15) is 0 Å². The fourth-order valence-corrected chi connectivity index (χ4v) is 3.82. The third-order valence-corrected chi connectivity index (χ3v) is 4.46. The summed E-state index contributed by atoms with van der Waals surface area (Å²) in [6, 6.07) is 9.94. The summed E-state index contributed by atoms with van der Waals surface area (Å²) in [5.41, 5.74) is 1.16. The van der Waals surface area contributed by atoms with Gasteiger partial charge in [-0.3, -0.25) is 0 Å². The quantitative estimate of drug-likeness (QED) is 0.606. The molecule has 1 aromatic rings. The van der Waals surface area contributed by atoms with Crippen molar-refractivity contribution in [1.82, 2.24) is 0 Å². The molecule has 0 saturated heterocycles. The fraction of sp³-hybridized carbons (Fsp3) is 0.400. The number of benzene rings is 1. The molecule has 0 aromatic heterocycles. The zero-order chi connectivity index (χ0) is 11.6. The van der Waals surface area contributed by atoms with Crippen molar-refractivity contribution in [1.29, 1.82) is 0 Å². The first-order valence-electron chi connectivity index (χ1n) is 4.86. The molecule has 3 nitrogen and oxygen atoms in total. The second-order valence-electron chi connectivity index (χ2n) is 5.04. The Labute approximate surface area is 91.3 Å². The maximum atomic E-state index is 8.90. The predicted octanol–water partition coefficient (Wildman–Crippen LogP) is 1.53. The Kier molecular flexibility index (Phi) is 3.57. The van der Waals surface area contributed by atoms with E-state index in [2.05, 4.69) is 0 Å². The first-order chi connectivity index (χ1) is 6.76. The summed E-state index contributed by atoms with van der Waals surface area (Å²) in [6.45, 7) is 3.44. The van der Waals surface area contributed by atoms with Crippen LogP contribution >= 0.6 is 6.83 Å². The molecule has 0 amide bonds.